The van der Waals surface area contributed by atoms with Gasteiger partial charge >= 0.3 is 0 Å². The fourth-order valence-electron chi connectivity index (χ4n) is 2.41. The topological polar surface area (TPSA) is 42.7 Å². The van der Waals surface area contributed by atoms with Crippen molar-refractivity contribution in [1.82, 2.24) is 20.1 Å². The van der Waals surface area contributed by atoms with E-state index in [4.69, 9.17) is 0 Å². The van der Waals surface area contributed by atoms with Crippen molar-refractivity contribution in [1.29, 1.82) is 0 Å². The van der Waals surface area contributed by atoms with E-state index in [9.17, 15) is 4.39 Å². The van der Waals surface area contributed by atoms with Crippen LogP contribution in [0.5, 0.6) is 0 Å². The van der Waals surface area contributed by atoms with E-state index >= 15 is 0 Å². The number of nitrogens with one attached hydrogen (secondary N) is 1. The summed E-state index contributed by atoms with van der Waals surface area (Å²) in [6.07, 6.45) is 6.16. The van der Waals surface area contributed by atoms with Crippen LogP contribution in [0.1, 0.15) is 18.4 Å². The molecule has 1 N–H and O–H groups in total. The van der Waals surface area contributed by atoms with Crippen LogP contribution in [-0.4, -0.2) is 27.4 Å². The fraction of sp³-hybridized carbons (Fsp3) is 0.385. The smallest absolute Gasteiger partial charge is 0.149 e. The molecule has 1 unspecified atom stereocenters. The van der Waals surface area contributed by atoms with Crippen LogP contribution in [0.3, 0.4) is 0 Å². The molecular weight excluding hydrogens is 231 g/mol. The maximum absolute atomic E-state index is 14.0. The first kappa shape index (κ1) is 11.3. The van der Waals surface area contributed by atoms with E-state index in [2.05, 4.69) is 15.4 Å². The van der Waals surface area contributed by atoms with Gasteiger partial charge in [0.15, 0.2) is 0 Å². The molecule has 0 radical (unpaired) electrons. The van der Waals surface area contributed by atoms with Crippen LogP contribution in [0.2, 0.25) is 0 Å². The quantitative estimate of drug-likeness (QED) is 0.896. The molecule has 2 heterocycles. The van der Waals surface area contributed by atoms with Crippen LogP contribution < -0.4 is 5.32 Å². The lowest BCUT2D eigenvalue weighted by Crippen LogP contribution is -2.23. The van der Waals surface area contributed by atoms with E-state index < -0.39 is 0 Å². The highest BCUT2D eigenvalue weighted by Crippen LogP contribution is 2.17. The van der Waals surface area contributed by atoms with Crippen molar-refractivity contribution in [3.05, 3.63) is 42.2 Å². The Bertz CT molecular complexity index is 518. The SMILES string of the molecule is Fc1cc(CC2CCCN2)ccc1-n1cncn1. The number of rotatable bonds is 3. The Balaban J connectivity index is 1.80. The first-order valence-electron chi connectivity index (χ1n) is 6.20. The lowest BCUT2D eigenvalue weighted by Gasteiger charge is -2.11. The summed E-state index contributed by atoms with van der Waals surface area (Å²) in [5.74, 6) is -0.254. The van der Waals surface area contributed by atoms with Gasteiger partial charge in [-0.2, -0.15) is 5.10 Å². The van der Waals surface area contributed by atoms with E-state index in [1.807, 2.05) is 6.07 Å². The predicted molar refractivity (Wildman–Crippen MR) is 66.0 cm³/mol. The number of halogens is 1. The predicted octanol–water partition coefficient (Wildman–Crippen LogP) is 1.70. The second kappa shape index (κ2) is 4.86. The summed E-state index contributed by atoms with van der Waals surface area (Å²) >= 11 is 0. The number of aromatic nitrogens is 3. The average molecular weight is 246 g/mol. The normalized spacial score (nSPS) is 19.3. The van der Waals surface area contributed by atoms with Crippen molar-refractivity contribution in [3.63, 3.8) is 0 Å². The third kappa shape index (κ3) is 2.26. The van der Waals surface area contributed by atoms with Gasteiger partial charge < -0.3 is 5.32 Å². The summed E-state index contributed by atoms with van der Waals surface area (Å²) < 4.78 is 15.4. The van der Waals surface area contributed by atoms with E-state index in [0.29, 0.717) is 11.7 Å². The highest BCUT2D eigenvalue weighted by molar-refractivity contribution is 5.35. The van der Waals surface area contributed by atoms with Gasteiger partial charge in [-0.05, 0) is 43.5 Å². The first-order valence-corrected chi connectivity index (χ1v) is 6.20. The Morgan fingerprint density at radius 2 is 2.39 bits per heavy atom. The molecule has 18 heavy (non-hydrogen) atoms. The summed E-state index contributed by atoms with van der Waals surface area (Å²) in [6, 6.07) is 5.80. The van der Waals surface area contributed by atoms with Gasteiger partial charge in [0, 0.05) is 6.04 Å². The largest absolute Gasteiger partial charge is 0.314 e. The molecule has 0 amide bonds. The van der Waals surface area contributed by atoms with E-state index in [0.717, 1.165) is 18.5 Å². The summed E-state index contributed by atoms with van der Waals surface area (Å²) in [7, 11) is 0. The van der Waals surface area contributed by atoms with Crippen LogP contribution in [-0.2, 0) is 6.42 Å². The minimum absolute atomic E-state index is 0.254. The molecule has 1 aromatic heterocycles. The Morgan fingerprint density at radius 1 is 1.44 bits per heavy atom. The highest BCUT2D eigenvalue weighted by atomic mass is 19.1. The van der Waals surface area contributed by atoms with Crippen LogP contribution in [0.15, 0.2) is 30.9 Å². The second-order valence-electron chi connectivity index (χ2n) is 4.62. The molecule has 3 rings (SSSR count). The van der Waals surface area contributed by atoms with Gasteiger partial charge in [0.05, 0.1) is 0 Å². The zero-order valence-corrected chi connectivity index (χ0v) is 10.0. The van der Waals surface area contributed by atoms with E-state index in [1.54, 1.807) is 12.1 Å². The number of hydrogen-bond acceptors (Lipinski definition) is 3. The lowest BCUT2D eigenvalue weighted by molar-refractivity contribution is 0.587. The van der Waals surface area contributed by atoms with Crippen molar-refractivity contribution in [3.8, 4) is 5.69 Å². The van der Waals surface area contributed by atoms with Gasteiger partial charge in [0.1, 0.15) is 24.2 Å². The summed E-state index contributed by atoms with van der Waals surface area (Å²) in [6.45, 7) is 1.07. The molecular formula is C13H15FN4. The van der Waals surface area contributed by atoms with Crippen LogP contribution >= 0.6 is 0 Å². The third-order valence-corrected chi connectivity index (χ3v) is 3.32. The van der Waals surface area contributed by atoms with Crippen LogP contribution in [0, 0.1) is 5.82 Å². The molecule has 5 heteroatoms. The van der Waals surface area contributed by atoms with Gasteiger partial charge in [-0.1, -0.05) is 6.07 Å². The Kier molecular flexibility index (Phi) is 3.06. The Labute approximate surface area is 105 Å². The molecule has 1 fully saturated rings. The molecule has 1 aliphatic heterocycles. The summed E-state index contributed by atoms with van der Waals surface area (Å²) in [5.41, 5.74) is 1.46. The first-order chi connectivity index (χ1) is 8.83. The zero-order chi connectivity index (χ0) is 12.4. The van der Waals surface area contributed by atoms with Gasteiger partial charge in [-0.15, -0.1) is 0 Å². The molecule has 1 atom stereocenters. The molecule has 2 aromatic rings. The van der Waals surface area contributed by atoms with Gasteiger partial charge in [-0.25, -0.2) is 14.1 Å². The van der Waals surface area contributed by atoms with Crippen molar-refractivity contribution >= 4 is 0 Å². The fourth-order valence-corrected chi connectivity index (χ4v) is 2.41. The standard InChI is InChI=1S/C13H15FN4/c14-12-7-10(6-11-2-1-5-16-11)3-4-13(12)18-9-15-8-17-18/h3-4,7-9,11,16H,1-2,5-6H2. The lowest BCUT2D eigenvalue weighted by atomic mass is 10.0. The van der Waals surface area contributed by atoms with E-state index in [-0.39, 0.29) is 5.82 Å². The Morgan fingerprint density at radius 3 is 3.06 bits per heavy atom. The molecule has 0 saturated carbocycles. The summed E-state index contributed by atoms with van der Waals surface area (Å²) in [5, 5.41) is 7.35. The summed E-state index contributed by atoms with van der Waals surface area (Å²) in [4.78, 5) is 3.82. The van der Waals surface area contributed by atoms with Crippen molar-refractivity contribution < 1.29 is 4.39 Å². The molecule has 0 aliphatic carbocycles. The van der Waals surface area contributed by atoms with Crippen molar-refractivity contribution in [2.45, 2.75) is 25.3 Å². The minimum atomic E-state index is -0.254. The third-order valence-electron chi connectivity index (χ3n) is 3.32. The van der Waals surface area contributed by atoms with Gasteiger partial charge in [0.2, 0.25) is 0 Å². The number of nitrogens with zero attached hydrogens (tertiary/aromatic N) is 3. The van der Waals surface area contributed by atoms with Crippen molar-refractivity contribution in [2.75, 3.05) is 6.54 Å². The van der Waals surface area contributed by atoms with Gasteiger partial charge in [0.25, 0.3) is 0 Å². The maximum atomic E-state index is 14.0. The molecule has 0 spiro atoms. The average Bonchev–Trinajstić information content (AvgIpc) is 3.01. The Hall–Kier alpha value is -1.75. The van der Waals surface area contributed by atoms with Gasteiger partial charge in [-0.3, -0.25) is 0 Å². The number of benzene rings is 1. The second-order valence-corrected chi connectivity index (χ2v) is 4.62. The zero-order valence-electron chi connectivity index (χ0n) is 10.0. The molecule has 1 saturated heterocycles. The van der Waals surface area contributed by atoms with Crippen molar-refractivity contribution in [2.24, 2.45) is 0 Å². The molecule has 4 nitrogen and oxygen atoms in total. The van der Waals surface area contributed by atoms with Crippen LogP contribution in [0.25, 0.3) is 5.69 Å². The highest BCUT2D eigenvalue weighted by Gasteiger charge is 2.15. The number of hydrogen-bond donors (Lipinski definition) is 1. The van der Waals surface area contributed by atoms with Crippen LogP contribution in [0.4, 0.5) is 4.39 Å². The van der Waals surface area contributed by atoms with E-state index in [1.165, 1.54) is 30.2 Å². The minimum Gasteiger partial charge on any atom is -0.314 e. The molecule has 0 bridgehead atoms. The molecule has 1 aromatic carbocycles. The maximum Gasteiger partial charge on any atom is 0.149 e. The monoisotopic (exact) mass is 246 g/mol. The molecule has 94 valence electrons. The molecule has 1 aliphatic rings.